The van der Waals surface area contributed by atoms with Gasteiger partial charge in [0, 0.05) is 10.6 Å². The highest BCUT2D eigenvalue weighted by Crippen LogP contribution is 2.39. The lowest BCUT2D eigenvalue weighted by Crippen LogP contribution is -2.23. The van der Waals surface area contributed by atoms with E-state index in [1.807, 2.05) is 19.9 Å². The molecule has 0 spiro atoms. The number of benzene rings is 2. The van der Waals surface area contributed by atoms with Crippen molar-refractivity contribution in [2.45, 2.75) is 51.0 Å². The third-order valence-electron chi connectivity index (χ3n) is 4.80. The SMILES string of the molecule is CC.CC(Oc1ccc(P)cc1C1=C(Cl)C=C(S(=O)(=O)c2ccccc2)CCC1)C(=O)O. The van der Waals surface area contributed by atoms with Crippen LogP contribution < -0.4 is 10.0 Å². The van der Waals surface area contributed by atoms with Crippen LogP contribution in [0, 0.1) is 0 Å². The number of carboxylic acids is 1. The van der Waals surface area contributed by atoms with E-state index in [-0.39, 0.29) is 9.80 Å². The molecule has 0 aliphatic heterocycles. The Kier molecular flexibility index (Phi) is 9.50. The first-order valence-corrected chi connectivity index (χ1v) is 12.8. The molecule has 1 N–H and O–H groups in total. The van der Waals surface area contributed by atoms with Gasteiger partial charge in [0.1, 0.15) is 5.75 Å². The van der Waals surface area contributed by atoms with Gasteiger partial charge in [0.05, 0.1) is 9.80 Å². The summed E-state index contributed by atoms with van der Waals surface area (Å²) < 4.78 is 31.7. The highest BCUT2D eigenvalue weighted by molar-refractivity contribution is 7.95. The van der Waals surface area contributed by atoms with Gasteiger partial charge in [-0.3, -0.25) is 0 Å². The number of carbonyl (C=O) groups is 1. The van der Waals surface area contributed by atoms with Gasteiger partial charge >= 0.3 is 5.97 Å². The molecule has 32 heavy (non-hydrogen) atoms. The van der Waals surface area contributed by atoms with E-state index in [2.05, 4.69) is 9.24 Å². The van der Waals surface area contributed by atoms with Crippen LogP contribution in [0.1, 0.15) is 45.6 Å². The first kappa shape index (κ1) is 26.1. The molecule has 0 heterocycles. The van der Waals surface area contributed by atoms with E-state index < -0.39 is 21.9 Å². The number of hydrogen-bond acceptors (Lipinski definition) is 4. The largest absolute Gasteiger partial charge is 0.479 e. The van der Waals surface area contributed by atoms with Crippen molar-refractivity contribution < 1.29 is 23.1 Å². The van der Waals surface area contributed by atoms with Crippen LogP contribution in [0.25, 0.3) is 5.57 Å². The predicted octanol–water partition coefficient (Wildman–Crippen LogP) is 5.56. The van der Waals surface area contributed by atoms with Crippen molar-refractivity contribution in [3.8, 4) is 5.75 Å². The Morgan fingerprint density at radius 1 is 1.12 bits per heavy atom. The van der Waals surface area contributed by atoms with Crippen LogP contribution in [0.5, 0.6) is 5.75 Å². The molecule has 0 amide bonds. The molecule has 2 atom stereocenters. The Hall–Kier alpha value is -2.14. The van der Waals surface area contributed by atoms with E-state index in [9.17, 15) is 18.3 Å². The molecular weight excluding hydrogens is 467 g/mol. The molecule has 2 unspecified atom stereocenters. The first-order chi connectivity index (χ1) is 15.2. The monoisotopic (exact) mass is 494 g/mol. The number of halogens is 1. The van der Waals surface area contributed by atoms with Crippen molar-refractivity contribution >= 4 is 47.5 Å². The fourth-order valence-electron chi connectivity index (χ4n) is 3.21. The Bertz CT molecular complexity index is 1120. The average Bonchev–Trinajstić information content (AvgIpc) is 2.98. The second-order valence-electron chi connectivity index (χ2n) is 6.96. The molecule has 5 nitrogen and oxygen atoms in total. The Labute approximate surface area is 197 Å². The van der Waals surface area contributed by atoms with Crippen LogP contribution in [0.3, 0.4) is 0 Å². The summed E-state index contributed by atoms with van der Waals surface area (Å²) in [7, 11) is -1.06. The number of aliphatic carboxylic acids is 1. The molecule has 0 saturated carbocycles. The van der Waals surface area contributed by atoms with E-state index in [1.54, 1.807) is 42.5 Å². The van der Waals surface area contributed by atoms with Crippen molar-refractivity contribution in [2.24, 2.45) is 0 Å². The van der Waals surface area contributed by atoms with E-state index in [4.69, 9.17) is 16.3 Å². The summed E-state index contributed by atoms with van der Waals surface area (Å²) in [4.78, 5) is 11.7. The number of rotatable bonds is 6. The first-order valence-electron chi connectivity index (χ1n) is 10.4. The van der Waals surface area contributed by atoms with Gasteiger partial charge in [0.2, 0.25) is 9.84 Å². The summed E-state index contributed by atoms with van der Waals surface area (Å²) in [6.07, 6.45) is 1.95. The zero-order valence-corrected chi connectivity index (χ0v) is 21.1. The van der Waals surface area contributed by atoms with Gasteiger partial charge in [-0.2, -0.15) is 0 Å². The molecule has 8 heteroatoms. The molecule has 0 fully saturated rings. The van der Waals surface area contributed by atoms with Crippen molar-refractivity contribution in [3.05, 3.63) is 70.1 Å². The van der Waals surface area contributed by atoms with Crippen molar-refractivity contribution in [3.63, 3.8) is 0 Å². The summed E-state index contributed by atoms with van der Waals surface area (Å²) >= 11 is 6.59. The lowest BCUT2D eigenvalue weighted by atomic mass is 10.00. The van der Waals surface area contributed by atoms with Gasteiger partial charge in [-0.25, -0.2) is 13.2 Å². The van der Waals surface area contributed by atoms with Gasteiger partial charge in [-0.05, 0) is 67.4 Å². The maximum absolute atomic E-state index is 13.0. The van der Waals surface area contributed by atoms with E-state index in [0.717, 1.165) is 10.9 Å². The summed E-state index contributed by atoms with van der Waals surface area (Å²) in [6, 6.07) is 13.6. The number of allylic oxidation sites excluding steroid dienone is 4. The molecule has 0 bridgehead atoms. The Morgan fingerprint density at radius 2 is 1.78 bits per heavy atom. The van der Waals surface area contributed by atoms with Crippen LogP contribution in [0.15, 0.2) is 69.4 Å². The maximum atomic E-state index is 13.0. The minimum atomic E-state index is -3.64. The van der Waals surface area contributed by atoms with Crippen LogP contribution >= 0.6 is 20.8 Å². The minimum Gasteiger partial charge on any atom is -0.479 e. The van der Waals surface area contributed by atoms with Crippen molar-refractivity contribution in [2.75, 3.05) is 0 Å². The van der Waals surface area contributed by atoms with Crippen molar-refractivity contribution in [1.29, 1.82) is 0 Å². The van der Waals surface area contributed by atoms with E-state index in [0.29, 0.717) is 35.6 Å². The molecule has 1 aliphatic carbocycles. The number of hydrogen-bond donors (Lipinski definition) is 1. The van der Waals surface area contributed by atoms with Crippen LogP contribution in [0.4, 0.5) is 0 Å². The Balaban J connectivity index is 0.00000176. The summed E-state index contributed by atoms with van der Waals surface area (Å²) in [5.41, 5.74) is 1.39. The molecule has 0 aromatic heterocycles. The molecular formula is C24H28ClO5PS. The molecule has 3 rings (SSSR count). The third-order valence-corrected chi connectivity index (χ3v) is 7.41. The standard InChI is InChI=1S/C22H22ClO5PS.C2H6/c1-14(22(24)25)28-21-11-10-15(29)12-19(21)18-9-5-8-17(13-20(18)23)30(26,27)16-6-3-2-4-7-16;1-2/h2-4,6-7,10-14H,5,8-9,29H2,1H3,(H,24,25);1-2H3. The molecule has 2 aromatic carbocycles. The average molecular weight is 495 g/mol. The molecule has 0 radical (unpaired) electrons. The van der Waals surface area contributed by atoms with Gasteiger partial charge < -0.3 is 9.84 Å². The second kappa shape index (κ2) is 11.6. The zero-order valence-electron chi connectivity index (χ0n) is 18.3. The zero-order chi connectivity index (χ0) is 23.9. The number of sulfone groups is 1. The van der Waals surface area contributed by atoms with Gasteiger partial charge in [0.15, 0.2) is 6.10 Å². The maximum Gasteiger partial charge on any atom is 0.344 e. The highest BCUT2D eigenvalue weighted by atomic mass is 35.5. The predicted molar refractivity (Wildman–Crippen MR) is 133 cm³/mol. The summed E-state index contributed by atoms with van der Waals surface area (Å²) in [6.45, 7) is 5.45. The van der Waals surface area contributed by atoms with Crippen LogP contribution in [-0.2, 0) is 14.6 Å². The number of carboxylic acid groups (broad SMARTS) is 1. The fourth-order valence-corrected chi connectivity index (χ4v) is 5.37. The van der Waals surface area contributed by atoms with E-state index in [1.165, 1.54) is 13.0 Å². The summed E-state index contributed by atoms with van der Waals surface area (Å²) in [5, 5.41) is 10.4. The summed E-state index contributed by atoms with van der Waals surface area (Å²) in [5.74, 6) is -0.681. The van der Waals surface area contributed by atoms with Crippen LogP contribution in [0.2, 0.25) is 0 Å². The topological polar surface area (TPSA) is 80.7 Å². The fraction of sp³-hybridized carbons (Fsp3) is 0.292. The second-order valence-corrected chi connectivity index (χ2v) is 10.0. The van der Waals surface area contributed by atoms with Gasteiger partial charge in [-0.15, -0.1) is 9.24 Å². The smallest absolute Gasteiger partial charge is 0.344 e. The molecule has 1 aliphatic rings. The quantitative estimate of drug-likeness (QED) is 0.532. The van der Waals surface area contributed by atoms with E-state index >= 15 is 0 Å². The highest BCUT2D eigenvalue weighted by Gasteiger charge is 2.25. The minimum absolute atomic E-state index is 0.232. The molecule has 0 saturated heterocycles. The molecule has 2 aromatic rings. The third kappa shape index (κ3) is 6.22. The normalized spacial score (nSPS) is 15.1. The van der Waals surface area contributed by atoms with Gasteiger partial charge in [0.25, 0.3) is 0 Å². The lowest BCUT2D eigenvalue weighted by Gasteiger charge is -2.17. The number of ether oxygens (including phenoxy) is 1. The lowest BCUT2D eigenvalue weighted by molar-refractivity contribution is -0.144. The van der Waals surface area contributed by atoms with Crippen molar-refractivity contribution in [1.82, 2.24) is 0 Å². The Morgan fingerprint density at radius 3 is 2.41 bits per heavy atom. The molecule has 172 valence electrons. The van der Waals surface area contributed by atoms with Gasteiger partial charge in [-0.1, -0.05) is 49.7 Å². The van der Waals surface area contributed by atoms with Crippen LogP contribution in [-0.4, -0.2) is 25.6 Å².